The first-order chi connectivity index (χ1) is 12.4. The summed E-state index contributed by atoms with van der Waals surface area (Å²) in [5.74, 6) is 0. The highest BCUT2D eigenvalue weighted by Crippen LogP contribution is 2.32. The molecule has 0 aliphatic rings. The van der Waals surface area contributed by atoms with Crippen LogP contribution in [0.4, 0.5) is 0 Å². The first-order valence-electron chi connectivity index (χ1n) is 8.29. The number of benzene rings is 3. The predicted octanol–water partition coefficient (Wildman–Crippen LogP) is 5.45. The number of hydrogen-bond acceptors (Lipinski definition) is 2. The molecule has 0 atom stereocenters. The number of nitrogens with zero attached hydrogens (tertiary/aromatic N) is 2. The van der Waals surface area contributed by atoms with E-state index in [0.717, 1.165) is 44.6 Å². The zero-order chi connectivity index (χ0) is 16.6. The average Bonchev–Trinajstić information content (AvgIpc) is 3.06. The van der Waals surface area contributed by atoms with E-state index in [1.54, 1.807) is 0 Å². The molecule has 0 spiro atoms. The maximum absolute atomic E-state index is 5.02. The lowest BCUT2D eigenvalue weighted by molar-refractivity contribution is 1.27. The molecular weight excluding hydrogens is 306 g/mol. The van der Waals surface area contributed by atoms with Crippen LogP contribution in [0.3, 0.4) is 0 Å². The molecule has 3 aromatic carbocycles. The third-order valence-corrected chi connectivity index (χ3v) is 4.43. The van der Waals surface area contributed by atoms with Gasteiger partial charge in [0.25, 0.3) is 0 Å². The summed E-state index contributed by atoms with van der Waals surface area (Å²) in [5, 5.41) is 1.10. The van der Waals surface area contributed by atoms with Gasteiger partial charge in [0.1, 0.15) is 5.52 Å². The Morgan fingerprint density at radius 1 is 0.560 bits per heavy atom. The van der Waals surface area contributed by atoms with Gasteiger partial charge in [-0.25, -0.2) is 9.97 Å². The van der Waals surface area contributed by atoms with Crippen LogP contribution in [-0.4, -0.2) is 15.0 Å². The lowest BCUT2D eigenvalue weighted by Gasteiger charge is -2.09. The summed E-state index contributed by atoms with van der Waals surface area (Å²) in [6, 6.07) is 28.7. The molecule has 0 aliphatic heterocycles. The molecule has 25 heavy (non-hydrogen) atoms. The monoisotopic (exact) mass is 321 g/mol. The molecule has 118 valence electrons. The maximum atomic E-state index is 5.02. The number of H-pyrrole nitrogens is 1. The fourth-order valence-electron chi connectivity index (χ4n) is 3.23. The molecule has 0 bridgehead atoms. The number of nitrogens with one attached hydrogen (secondary N) is 1. The minimum absolute atomic E-state index is 0.819. The minimum Gasteiger partial charge on any atom is -0.338 e. The summed E-state index contributed by atoms with van der Waals surface area (Å²) >= 11 is 0. The standard InChI is InChI=1S/C22H15N3/c1-3-9-15(10-4-1)19-20(16-11-5-2-6-12-16)25-22-21(24-19)17-13-7-8-14-18(17)23-22/h1-14H,(H,23,25). The summed E-state index contributed by atoms with van der Waals surface area (Å²) in [6.45, 7) is 0. The Labute approximate surface area is 145 Å². The quantitative estimate of drug-likeness (QED) is 0.470. The van der Waals surface area contributed by atoms with Crippen molar-refractivity contribution in [3.05, 3.63) is 84.9 Å². The van der Waals surface area contributed by atoms with Crippen LogP contribution < -0.4 is 0 Å². The Morgan fingerprint density at radius 2 is 1.12 bits per heavy atom. The second-order valence-corrected chi connectivity index (χ2v) is 6.02. The predicted molar refractivity (Wildman–Crippen MR) is 102 cm³/mol. The number of para-hydroxylation sites is 1. The van der Waals surface area contributed by atoms with Crippen molar-refractivity contribution in [2.45, 2.75) is 0 Å². The number of rotatable bonds is 2. The van der Waals surface area contributed by atoms with E-state index in [9.17, 15) is 0 Å². The van der Waals surface area contributed by atoms with Crippen molar-refractivity contribution in [2.75, 3.05) is 0 Å². The average molecular weight is 321 g/mol. The summed E-state index contributed by atoms with van der Waals surface area (Å²) in [7, 11) is 0. The van der Waals surface area contributed by atoms with Crippen molar-refractivity contribution in [3.63, 3.8) is 0 Å². The number of aromatic nitrogens is 3. The molecule has 5 aromatic rings. The van der Waals surface area contributed by atoms with E-state index in [2.05, 4.69) is 41.4 Å². The molecule has 0 saturated heterocycles. The number of aromatic amines is 1. The highest BCUT2D eigenvalue weighted by molar-refractivity contribution is 6.05. The largest absolute Gasteiger partial charge is 0.338 e. The molecule has 0 saturated carbocycles. The molecule has 0 fully saturated rings. The second kappa shape index (κ2) is 5.56. The Morgan fingerprint density at radius 3 is 1.80 bits per heavy atom. The van der Waals surface area contributed by atoms with E-state index in [1.807, 2.05) is 48.5 Å². The highest BCUT2D eigenvalue weighted by atomic mass is 14.9. The fraction of sp³-hybridized carbons (Fsp3) is 0. The van der Waals surface area contributed by atoms with Gasteiger partial charge in [-0.1, -0.05) is 78.9 Å². The van der Waals surface area contributed by atoms with E-state index >= 15 is 0 Å². The fourth-order valence-corrected chi connectivity index (χ4v) is 3.23. The smallest absolute Gasteiger partial charge is 0.157 e. The van der Waals surface area contributed by atoms with Crippen LogP contribution in [0, 0.1) is 0 Å². The maximum Gasteiger partial charge on any atom is 0.157 e. The van der Waals surface area contributed by atoms with Gasteiger partial charge in [0, 0.05) is 22.0 Å². The first-order valence-corrected chi connectivity index (χ1v) is 8.29. The molecular formula is C22H15N3. The van der Waals surface area contributed by atoms with Crippen molar-refractivity contribution >= 4 is 22.1 Å². The molecule has 1 N–H and O–H groups in total. The van der Waals surface area contributed by atoms with Gasteiger partial charge >= 0.3 is 0 Å². The molecule has 3 heteroatoms. The van der Waals surface area contributed by atoms with Gasteiger partial charge in [0.15, 0.2) is 5.65 Å². The SMILES string of the molecule is c1ccc(-c2nc3[nH]c4ccccc4c3nc2-c2ccccc2)cc1. The van der Waals surface area contributed by atoms with Crippen LogP contribution in [0.1, 0.15) is 0 Å². The van der Waals surface area contributed by atoms with Crippen LogP contribution in [0.15, 0.2) is 84.9 Å². The van der Waals surface area contributed by atoms with Crippen LogP contribution in [0.25, 0.3) is 44.6 Å². The van der Waals surface area contributed by atoms with Gasteiger partial charge < -0.3 is 4.98 Å². The summed E-state index contributed by atoms with van der Waals surface area (Å²) in [5.41, 5.74) is 6.72. The van der Waals surface area contributed by atoms with Gasteiger partial charge in [-0.3, -0.25) is 0 Å². The van der Waals surface area contributed by atoms with Crippen LogP contribution in [-0.2, 0) is 0 Å². The van der Waals surface area contributed by atoms with Crippen LogP contribution in [0.5, 0.6) is 0 Å². The Hall–Kier alpha value is -3.46. The van der Waals surface area contributed by atoms with Crippen molar-refractivity contribution in [2.24, 2.45) is 0 Å². The van der Waals surface area contributed by atoms with Gasteiger partial charge in [-0.05, 0) is 6.07 Å². The molecule has 5 rings (SSSR count). The van der Waals surface area contributed by atoms with Gasteiger partial charge in [-0.2, -0.15) is 0 Å². The van der Waals surface area contributed by atoms with Crippen molar-refractivity contribution in [3.8, 4) is 22.5 Å². The summed E-state index contributed by atoms with van der Waals surface area (Å²) < 4.78 is 0. The van der Waals surface area contributed by atoms with Gasteiger partial charge in [-0.15, -0.1) is 0 Å². The first kappa shape index (κ1) is 13.9. The molecule has 2 heterocycles. The van der Waals surface area contributed by atoms with Crippen LogP contribution >= 0.6 is 0 Å². The van der Waals surface area contributed by atoms with Crippen molar-refractivity contribution in [1.82, 2.24) is 15.0 Å². The van der Waals surface area contributed by atoms with Gasteiger partial charge in [0.2, 0.25) is 0 Å². The topological polar surface area (TPSA) is 41.6 Å². The highest BCUT2D eigenvalue weighted by Gasteiger charge is 2.15. The van der Waals surface area contributed by atoms with Crippen molar-refractivity contribution in [1.29, 1.82) is 0 Å². The van der Waals surface area contributed by atoms with Crippen molar-refractivity contribution < 1.29 is 0 Å². The molecule has 0 aliphatic carbocycles. The number of fused-ring (bicyclic) bond motifs is 3. The Bertz CT molecular complexity index is 1180. The van der Waals surface area contributed by atoms with E-state index in [-0.39, 0.29) is 0 Å². The van der Waals surface area contributed by atoms with E-state index in [1.165, 1.54) is 0 Å². The normalized spacial score (nSPS) is 11.2. The Balaban J connectivity index is 1.89. The second-order valence-electron chi connectivity index (χ2n) is 6.02. The lowest BCUT2D eigenvalue weighted by atomic mass is 10.0. The molecule has 3 nitrogen and oxygen atoms in total. The lowest BCUT2D eigenvalue weighted by Crippen LogP contribution is -1.94. The third-order valence-electron chi connectivity index (χ3n) is 4.43. The molecule has 0 amide bonds. The molecule has 0 unspecified atom stereocenters. The zero-order valence-corrected chi connectivity index (χ0v) is 13.5. The van der Waals surface area contributed by atoms with Crippen LogP contribution in [0.2, 0.25) is 0 Å². The van der Waals surface area contributed by atoms with E-state index in [4.69, 9.17) is 9.97 Å². The summed E-state index contributed by atoms with van der Waals surface area (Å²) in [4.78, 5) is 13.4. The van der Waals surface area contributed by atoms with Gasteiger partial charge in [0.05, 0.1) is 11.4 Å². The summed E-state index contributed by atoms with van der Waals surface area (Å²) in [6.07, 6.45) is 0. The minimum atomic E-state index is 0.819. The Kier molecular flexibility index (Phi) is 3.10. The zero-order valence-electron chi connectivity index (χ0n) is 13.5. The third kappa shape index (κ3) is 2.29. The molecule has 2 aromatic heterocycles. The number of hydrogen-bond donors (Lipinski definition) is 1. The molecule has 0 radical (unpaired) electrons. The van der Waals surface area contributed by atoms with E-state index in [0.29, 0.717) is 0 Å². The van der Waals surface area contributed by atoms with E-state index < -0.39 is 0 Å².